The molecule has 0 aromatic heterocycles. The molecule has 0 atom stereocenters. The highest BCUT2D eigenvalue weighted by Crippen LogP contribution is 2.16. The molecule has 6 nitrogen and oxygen atoms in total. The Kier molecular flexibility index (Phi) is 5.81. The van der Waals surface area contributed by atoms with Gasteiger partial charge < -0.3 is 16.5 Å². The molecule has 0 aliphatic rings. The molecule has 0 bridgehead atoms. The molecule has 0 spiro atoms. The number of amides is 2. The summed E-state index contributed by atoms with van der Waals surface area (Å²) in [5.41, 5.74) is 9.66. The lowest BCUT2D eigenvalue weighted by Gasteiger charge is -2.10. The van der Waals surface area contributed by atoms with Gasteiger partial charge >= 0.3 is 0 Å². The summed E-state index contributed by atoms with van der Waals surface area (Å²) in [7, 11) is 0. The largest absolute Gasteiger partial charge is 0.370 e. The maximum atomic E-state index is 11.9. The number of nitrogens with two attached hydrogens (primary N) is 2. The Hall–Kier alpha value is -2.08. The van der Waals surface area contributed by atoms with Crippen LogP contribution in [0.3, 0.4) is 0 Å². The summed E-state index contributed by atoms with van der Waals surface area (Å²) in [6.07, 6.45) is 1.73. The average molecular weight is 264 g/mol. The van der Waals surface area contributed by atoms with Crippen LogP contribution in [-0.2, 0) is 4.79 Å². The molecule has 19 heavy (non-hydrogen) atoms. The van der Waals surface area contributed by atoms with E-state index in [1.165, 1.54) is 0 Å². The topological polar surface area (TPSA) is 110 Å². The van der Waals surface area contributed by atoms with Crippen molar-refractivity contribution in [2.75, 3.05) is 12.0 Å². The van der Waals surface area contributed by atoms with Crippen LogP contribution >= 0.6 is 0 Å². The third-order valence-electron chi connectivity index (χ3n) is 2.71. The fraction of sp³-hybridized carbons (Fsp3) is 0.385. The van der Waals surface area contributed by atoms with Gasteiger partial charge in [-0.15, -0.1) is 0 Å². The second-order valence-corrected chi connectivity index (χ2v) is 4.37. The van der Waals surface area contributed by atoms with Gasteiger partial charge in [0.25, 0.3) is 5.91 Å². The summed E-state index contributed by atoms with van der Waals surface area (Å²) in [6.45, 7) is 2.43. The third kappa shape index (κ3) is 4.97. The van der Waals surface area contributed by atoms with Gasteiger partial charge in [0.2, 0.25) is 5.91 Å². The van der Waals surface area contributed by atoms with E-state index in [2.05, 4.69) is 10.7 Å². The molecule has 0 fully saturated rings. The van der Waals surface area contributed by atoms with E-state index in [1.54, 1.807) is 6.07 Å². The number of unbranched alkanes of at least 4 members (excludes halogenated alkanes) is 1. The highest BCUT2D eigenvalue weighted by Gasteiger charge is 2.10. The predicted molar refractivity (Wildman–Crippen MR) is 74.4 cm³/mol. The van der Waals surface area contributed by atoms with Gasteiger partial charge in [0.05, 0.1) is 11.3 Å². The number of nitrogens with one attached hydrogen (secondary N) is 2. The van der Waals surface area contributed by atoms with Gasteiger partial charge in [0.1, 0.15) is 0 Å². The Bertz CT molecular complexity index is 460. The lowest BCUT2D eigenvalue weighted by atomic mass is 10.1. The number of benzene rings is 1. The van der Waals surface area contributed by atoms with Crippen LogP contribution in [-0.4, -0.2) is 18.4 Å². The Labute approximate surface area is 112 Å². The fourth-order valence-corrected chi connectivity index (χ4v) is 1.70. The first-order valence-corrected chi connectivity index (χ1v) is 6.18. The Morgan fingerprint density at radius 2 is 2.00 bits per heavy atom. The quantitative estimate of drug-likeness (QED) is 0.329. The van der Waals surface area contributed by atoms with Crippen molar-refractivity contribution in [3.8, 4) is 0 Å². The Balaban J connectivity index is 2.47. The SMILES string of the molecule is Cc1ccc(C(=O)NCCCCC(N)=O)c(NN)c1. The molecule has 2 amide bonds. The number of hydrazine groups is 1. The van der Waals surface area contributed by atoms with Crippen molar-refractivity contribution in [2.45, 2.75) is 26.2 Å². The number of nitrogen functional groups attached to an aromatic ring is 1. The van der Waals surface area contributed by atoms with Crippen LogP contribution in [0.25, 0.3) is 0 Å². The average Bonchev–Trinajstić information content (AvgIpc) is 2.37. The molecular formula is C13H20N4O2. The van der Waals surface area contributed by atoms with Crippen LogP contribution in [0.5, 0.6) is 0 Å². The number of primary amides is 1. The molecule has 1 aromatic rings. The molecule has 0 saturated heterocycles. The van der Waals surface area contributed by atoms with Crippen molar-refractivity contribution in [3.05, 3.63) is 29.3 Å². The third-order valence-corrected chi connectivity index (χ3v) is 2.71. The summed E-state index contributed by atoms with van der Waals surface area (Å²) < 4.78 is 0. The second-order valence-electron chi connectivity index (χ2n) is 4.37. The van der Waals surface area contributed by atoms with Crippen molar-refractivity contribution < 1.29 is 9.59 Å². The summed E-state index contributed by atoms with van der Waals surface area (Å²) >= 11 is 0. The molecule has 0 aliphatic heterocycles. The predicted octanol–water partition coefficient (Wildman–Crippen LogP) is 0.666. The summed E-state index contributed by atoms with van der Waals surface area (Å²) in [5.74, 6) is 4.88. The summed E-state index contributed by atoms with van der Waals surface area (Å²) in [6, 6.07) is 5.38. The number of carbonyl (C=O) groups is 2. The van der Waals surface area contributed by atoms with Crippen molar-refractivity contribution in [1.82, 2.24) is 5.32 Å². The van der Waals surface area contributed by atoms with E-state index >= 15 is 0 Å². The number of anilines is 1. The van der Waals surface area contributed by atoms with Gasteiger partial charge in [0.15, 0.2) is 0 Å². The minimum Gasteiger partial charge on any atom is -0.370 e. The van der Waals surface area contributed by atoms with Crippen LogP contribution in [0.15, 0.2) is 18.2 Å². The van der Waals surface area contributed by atoms with E-state index in [4.69, 9.17) is 11.6 Å². The Morgan fingerprint density at radius 1 is 1.26 bits per heavy atom. The molecule has 0 unspecified atom stereocenters. The van der Waals surface area contributed by atoms with E-state index in [-0.39, 0.29) is 11.8 Å². The first-order valence-electron chi connectivity index (χ1n) is 6.18. The highest BCUT2D eigenvalue weighted by atomic mass is 16.2. The zero-order valence-electron chi connectivity index (χ0n) is 11.0. The zero-order chi connectivity index (χ0) is 14.3. The van der Waals surface area contributed by atoms with E-state index in [0.29, 0.717) is 37.1 Å². The number of rotatable bonds is 7. The van der Waals surface area contributed by atoms with Gasteiger partial charge in [0, 0.05) is 13.0 Å². The van der Waals surface area contributed by atoms with E-state index in [0.717, 1.165) is 5.56 Å². The van der Waals surface area contributed by atoms with Crippen LogP contribution in [0.1, 0.15) is 35.2 Å². The Morgan fingerprint density at radius 3 is 2.63 bits per heavy atom. The van der Waals surface area contributed by atoms with Crippen LogP contribution in [0.4, 0.5) is 5.69 Å². The van der Waals surface area contributed by atoms with Crippen LogP contribution < -0.4 is 22.3 Å². The second kappa shape index (κ2) is 7.38. The summed E-state index contributed by atoms with van der Waals surface area (Å²) in [4.78, 5) is 22.5. The van der Waals surface area contributed by atoms with Crippen molar-refractivity contribution in [3.63, 3.8) is 0 Å². The van der Waals surface area contributed by atoms with Gasteiger partial charge in [-0.2, -0.15) is 0 Å². The summed E-state index contributed by atoms with van der Waals surface area (Å²) in [5, 5.41) is 2.78. The maximum absolute atomic E-state index is 11.9. The molecule has 0 heterocycles. The lowest BCUT2D eigenvalue weighted by molar-refractivity contribution is -0.118. The normalized spacial score (nSPS) is 10.0. The molecule has 6 heteroatoms. The van der Waals surface area contributed by atoms with Gasteiger partial charge in [-0.25, -0.2) is 0 Å². The molecule has 6 N–H and O–H groups in total. The zero-order valence-corrected chi connectivity index (χ0v) is 11.0. The monoisotopic (exact) mass is 264 g/mol. The standard InChI is InChI=1S/C13H20N4O2/c1-9-5-6-10(11(8-9)17-15)13(19)16-7-3-2-4-12(14)18/h5-6,8,17H,2-4,7,15H2,1H3,(H2,14,18)(H,16,19). The van der Waals surface area contributed by atoms with E-state index in [1.807, 2.05) is 19.1 Å². The minimum atomic E-state index is -0.320. The molecule has 0 saturated carbocycles. The lowest BCUT2D eigenvalue weighted by Crippen LogP contribution is -2.26. The molecule has 0 aliphatic carbocycles. The van der Waals surface area contributed by atoms with Gasteiger partial charge in [-0.1, -0.05) is 6.07 Å². The maximum Gasteiger partial charge on any atom is 0.253 e. The fourth-order valence-electron chi connectivity index (χ4n) is 1.70. The number of hydrogen-bond donors (Lipinski definition) is 4. The first-order chi connectivity index (χ1) is 9.04. The van der Waals surface area contributed by atoms with Crippen molar-refractivity contribution in [1.29, 1.82) is 0 Å². The smallest absolute Gasteiger partial charge is 0.253 e. The molecular weight excluding hydrogens is 244 g/mol. The van der Waals surface area contributed by atoms with Crippen molar-refractivity contribution in [2.24, 2.45) is 11.6 Å². The number of aryl methyl sites for hydroxylation is 1. The number of hydrogen-bond acceptors (Lipinski definition) is 4. The first kappa shape index (κ1) is 15.0. The highest BCUT2D eigenvalue weighted by molar-refractivity contribution is 5.99. The van der Waals surface area contributed by atoms with E-state index in [9.17, 15) is 9.59 Å². The van der Waals surface area contributed by atoms with E-state index < -0.39 is 0 Å². The van der Waals surface area contributed by atoms with Crippen LogP contribution in [0.2, 0.25) is 0 Å². The van der Waals surface area contributed by atoms with Crippen LogP contribution in [0, 0.1) is 6.92 Å². The van der Waals surface area contributed by atoms with Gasteiger partial charge in [-0.3, -0.25) is 15.4 Å². The molecule has 1 aromatic carbocycles. The molecule has 104 valence electrons. The molecule has 1 rings (SSSR count). The van der Waals surface area contributed by atoms with Crippen molar-refractivity contribution >= 4 is 17.5 Å². The minimum absolute atomic E-state index is 0.188. The van der Waals surface area contributed by atoms with Gasteiger partial charge in [-0.05, 0) is 37.5 Å². The number of carbonyl (C=O) groups excluding carboxylic acids is 2. The molecule has 0 radical (unpaired) electrons.